The summed E-state index contributed by atoms with van der Waals surface area (Å²) in [6.07, 6.45) is 2.93. The summed E-state index contributed by atoms with van der Waals surface area (Å²) in [4.78, 5) is 2.18. The van der Waals surface area contributed by atoms with Gasteiger partial charge in [0, 0.05) is 20.3 Å². The quantitative estimate of drug-likeness (QED) is 0.696. The molecule has 2 unspecified atom stereocenters. The Morgan fingerprint density at radius 3 is 2.76 bits per heavy atom. The third kappa shape index (κ3) is 6.06. The van der Waals surface area contributed by atoms with Crippen LogP contribution in [0.25, 0.3) is 0 Å². The molecule has 1 N–H and O–H groups in total. The number of ether oxygens (including phenoxy) is 1. The highest BCUT2D eigenvalue weighted by Gasteiger charge is 2.21. The van der Waals surface area contributed by atoms with Crippen LogP contribution in [0.15, 0.2) is 10.7 Å². The number of rotatable bonds is 10. The first-order valence-corrected chi connectivity index (χ1v) is 8.37. The molecular formula is C15H29BrN4O. The number of hydrogen-bond donors (Lipinski definition) is 1. The van der Waals surface area contributed by atoms with Gasteiger partial charge in [0.05, 0.1) is 29.0 Å². The molecule has 0 aliphatic carbocycles. The monoisotopic (exact) mass is 360 g/mol. The molecule has 0 radical (unpaired) electrons. The summed E-state index contributed by atoms with van der Waals surface area (Å²) in [6.45, 7) is 7.97. The number of likely N-dealkylation sites (N-methyl/N-ethyl adjacent to an activating group) is 1. The average molecular weight is 361 g/mol. The van der Waals surface area contributed by atoms with Crippen molar-refractivity contribution in [2.75, 3.05) is 40.9 Å². The molecule has 122 valence electrons. The minimum atomic E-state index is 0.291. The summed E-state index contributed by atoms with van der Waals surface area (Å²) >= 11 is 3.66. The van der Waals surface area contributed by atoms with Gasteiger partial charge in [0.1, 0.15) is 0 Å². The van der Waals surface area contributed by atoms with Gasteiger partial charge in [-0.25, -0.2) is 0 Å². The first-order chi connectivity index (χ1) is 9.99. The van der Waals surface area contributed by atoms with Gasteiger partial charge in [-0.05, 0) is 48.9 Å². The van der Waals surface area contributed by atoms with Crippen LogP contribution in [0.4, 0.5) is 0 Å². The zero-order valence-corrected chi connectivity index (χ0v) is 15.5. The lowest BCUT2D eigenvalue weighted by Gasteiger charge is -2.23. The highest BCUT2D eigenvalue weighted by molar-refractivity contribution is 9.10. The Labute approximate surface area is 137 Å². The topological polar surface area (TPSA) is 42.3 Å². The first kappa shape index (κ1) is 18.6. The van der Waals surface area contributed by atoms with Gasteiger partial charge >= 0.3 is 0 Å². The minimum Gasteiger partial charge on any atom is -0.384 e. The molecule has 0 aliphatic rings. The maximum Gasteiger partial charge on any atom is 0.0696 e. The summed E-state index contributed by atoms with van der Waals surface area (Å²) in [6, 6.07) is 0.291. The molecule has 1 aromatic heterocycles. The highest BCUT2D eigenvalue weighted by Crippen LogP contribution is 2.28. The van der Waals surface area contributed by atoms with E-state index in [1.54, 1.807) is 7.11 Å². The van der Waals surface area contributed by atoms with Crippen LogP contribution in [0.5, 0.6) is 0 Å². The first-order valence-electron chi connectivity index (χ1n) is 7.57. The largest absolute Gasteiger partial charge is 0.384 e. The van der Waals surface area contributed by atoms with Crippen LogP contribution < -0.4 is 5.32 Å². The van der Waals surface area contributed by atoms with Crippen LogP contribution in [0.2, 0.25) is 0 Å². The van der Waals surface area contributed by atoms with Gasteiger partial charge in [-0.1, -0.05) is 13.8 Å². The summed E-state index contributed by atoms with van der Waals surface area (Å²) in [5.74, 6) is 0.503. The fraction of sp³-hybridized carbons (Fsp3) is 0.800. The Bertz CT molecular complexity index is 408. The van der Waals surface area contributed by atoms with Crippen molar-refractivity contribution in [2.45, 2.75) is 32.9 Å². The van der Waals surface area contributed by atoms with Crippen molar-refractivity contribution in [2.24, 2.45) is 5.92 Å². The molecule has 2 atom stereocenters. The summed E-state index contributed by atoms with van der Waals surface area (Å²) in [5, 5.41) is 8.10. The standard InChI is InChI=1S/C15H29BrN4O/c1-6-17-14(9-12(2)11-21-5)15-13(16)10-18-20(15)8-7-19(3)4/h10,12,14,17H,6-9,11H2,1-5H3. The second kappa shape index (κ2) is 9.56. The van der Waals surface area contributed by atoms with Crippen molar-refractivity contribution < 1.29 is 4.74 Å². The van der Waals surface area contributed by atoms with Crippen molar-refractivity contribution in [3.05, 3.63) is 16.4 Å². The molecule has 0 amide bonds. The number of nitrogens with zero attached hydrogens (tertiary/aromatic N) is 3. The second-order valence-electron chi connectivity index (χ2n) is 5.81. The van der Waals surface area contributed by atoms with Gasteiger partial charge in [-0.3, -0.25) is 4.68 Å². The molecule has 0 bridgehead atoms. The van der Waals surface area contributed by atoms with Crippen molar-refractivity contribution in [1.82, 2.24) is 20.0 Å². The molecule has 21 heavy (non-hydrogen) atoms. The summed E-state index contributed by atoms with van der Waals surface area (Å²) in [5.41, 5.74) is 1.24. The molecule has 0 saturated heterocycles. The van der Waals surface area contributed by atoms with Gasteiger partial charge in [-0.2, -0.15) is 5.10 Å². The maximum atomic E-state index is 5.27. The minimum absolute atomic E-state index is 0.291. The number of aromatic nitrogens is 2. The second-order valence-corrected chi connectivity index (χ2v) is 6.66. The number of halogens is 1. The fourth-order valence-electron chi connectivity index (χ4n) is 2.48. The van der Waals surface area contributed by atoms with Crippen molar-refractivity contribution in [3.63, 3.8) is 0 Å². The molecular weight excluding hydrogens is 332 g/mol. The van der Waals surface area contributed by atoms with Crippen LogP contribution >= 0.6 is 15.9 Å². The Balaban J connectivity index is 2.87. The average Bonchev–Trinajstić information content (AvgIpc) is 2.77. The number of methoxy groups -OCH3 is 1. The van der Waals surface area contributed by atoms with E-state index in [-0.39, 0.29) is 0 Å². The van der Waals surface area contributed by atoms with E-state index in [1.807, 2.05) is 6.20 Å². The Morgan fingerprint density at radius 1 is 1.48 bits per heavy atom. The Hall–Kier alpha value is -0.430. The van der Waals surface area contributed by atoms with E-state index in [9.17, 15) is 0 Å². The predicted octanol–water partition coefficient (Wildman–Crippen LogP) is 2.53. The molecule has 6 heteroatoms. The molecule has 1 rings (SSSR count). The van der Waals surface area contributed by atoms with Gasteiger partial charge in [0.25, 0.3) is 0 Å². The lowest BCUT2D eigenvalue weighted by atomic mass is 10.00. The smallest absolute Gasteiger partial charge is 0.0696 e. The lowest BCUT2D eigenvalue weighted by molar-refractivity contribution is 0.148. The molecule has 0 spiro atoms. The van der Waals surface area contributed by atoms with E-state index < -0.39 is 0 Å². The van der Waals surface area contributed by atoms with Crippen LogP contribution in [-0.4, -0.2) is 55.6 Å². The third-order valence-electron chi connectivity index (χ3n) is 3.46. The van der Waals surface area contributed by atoms with Gasteiger partial charge in [0.2, 0.25) is 0 Å². The summed E-state index contributed by atoms with van der Waals surface area (Å²) in [7, 11) is 5.93. The van der Waals surface area contributed by atoms with E-state index in [0.717, 1.165) is 37.1 Å². The lowest BCUT2D eigenvalue weighted by Crippen LogP contribution is -2.28. The van der Waals surface area contributed by atoms with E-state index in [2.05, 4.69) is 63.9 Å². The van der Waals surface area contributed by atoms with E-state index in [0.29, 0.717) is 12.0 Å². The number of nitrogens with one attached hydrogen (secondary N) is 1. The zero-order chi connectivity index (χ0) is 15.8. The van der Waals surface area contributed by atoms with Crippen LogP contribution in [-0.2, 0) is 11.3 Å². The molecule has 0 aromatic carbocycles. The molecule has 5 nitrogen and oxygen atoms in total. The normalized spacial score (nSPS) is 14.6. The van der Waals surface area contributed by atoms with Gasteiger partial charge < -0.3 is 15.0 Å². The molecule has 0 saturated carbocycles. The molecule has 0 aliphatic heterocycles. The van der Waals surface area contributed by atoms with E-state index in [1.165, 1.54) is 5.69 Å². The molecule has 1 heterocycles. The summed E-state index contributed by atoms with van der Waals surface area (Å²) < 4.78 is 8.46. The van der Waals surface area contributed by atoms with E-state index >= 15 is 0 Å². The Kier molecular flexibility index (Phi) is 8.48. The van der Waals surface area contributed by atoms with Crippen LogP contribution in [0.3, 0.4) is 0 Å². The predicted molar refractivity (Wildman–Crippen MR) is 90.6 cm³/mol. The van der Waals surface area contributed by atoms with Crippen molar-refractivity contribution >= 4 is 15.9 Å². The van der Waals surface area contributed by atoms with Crippen molar-refractivity contribution in [1.29, 1.82) is 0 Å². The van der Waals surface area contributed by atoms with E-state index in [4.69, 9.17) is 4.74 Å². The number of hydrogen-bond acceptors (Lipinski definition) is 4. The SMILES string of the molecule is CCNC(CC(C)COC)c1c(Br)cnn1CCN(C)C. The Morgan fingerprint density at radius 2 is 2.19 bits per heavy atom. The van der Waals surface area contributed by atoms with Gasteiger partial charge in [-0.15, -0.1) is 0 Å². The molecule has 0 fully saturated rings. The van der Waals surface area contributed by atoms with Crippen LogP contribution in [0, 0.1) is 5.92 Å². The van der Waals surface area contributed by atoms with Gasteiger partial charge in [0.15, 0.2) is 0 Å². The molecule has 1 aromatic rings. The van der Waals surface area contributed by atoms with Crippen LogP contribution in [0.1, 0.15) is 32.0 Å². The maximum absolute atomic E-state index is 5.27. The van der Waals surface area contributed by atoms with Crippen molar-refractivity contribution in [3.8, 4) is 0 Å². The highest BCUT2D eigenvalue weighted by atomic mass is 79.9. The third-order valence-corrected chi connectivity index (χ3v) is 4.07. The zero-order valence-electron chi connectivity index (χ0n) is 13.9. The fourth-order valence-corrected chi connectivity index (χ4v) is 3.06.